The molecule has 3 unspecified atom stereocenters. The summed E-state index contributed by atoms with van der Waals surface area (Å²) in [4.78, 5) is 11.2. The highest BCUT2D eigenvalue weighted by Gasteiger charge is 2.51. The zero-order valence-corrected chi connectivity index (χ0v) is 6.28. The van der Waals surface area contributed by atoms with Gasteiger partial charge in [0.2, 0.25) is 0 Å². The fourth-order valence-electron chi connectivity index (χ4n) is 1.54. The number of ether oxygens (including phenoxy) is 1. The van der Waals surface area contributed by atoms with Crippen molar-refractivity contribution in [1.29, 1.82) is 0 Å². The molecule has 1 aliphatic carbocycles. The molecule has 11 heavy (non-hydrogen) atoms. The lowest BCUT2D eigenvalue weighted by atomic mass is 9.91. The summed E-state index contributed by atoms with van der Waals surface area (Å²) >= 11 is 0. The Morgan fingerprint density at radius 3 is 3.09 bits per heavy atom. The summed E-state index contributed by atoms with van der Waals surface area (Å²) in [6, 6.07) is 0. The summed E-state index contributed by atoms with van der Waals surface area (Å²) in [6.07, 6.45) is 1.53. The van der Waals surface area contributed by atoms with Crippen LogP contribution in [0.2, 0.25) is 0 Å². The minimum Gasteiger partial charge on any atom is -0.396 e. The topological polar surface area (TPSA) is 49.8 Å². The fourth-order valence-corrected chi connectivity index (χ4v) is 1.54. The van der Waals surface area contributed by atoms with E-state index < -0.39 is 0 Å². The molecule has 2 rings (SSSR count). The lowest BCUT2D eigenvalue weighted by Crippen LogP contribution is -2.24. The van der Waals surface area contributed by atoms with Gasteiger partial charge in [-0.3, -0.25) is 4.79 Å². The summed E-state index contributed by atoms with van der Waals surface area (Å²) in [5, 5.41) is 8.86. The minimum atomic E-state index is -0.239. The largest absolute Gasteiger partial charge is 0.396 e. The Morgan fingerprint density at radius 2 is 2.45 bits per heavy atom. The SMILES string of the molecule is CC1=CC(CO)C2OC2C1=O. The van der Waals surface area contributed by atoms with E-state index in [4.69, 9.17) is 9.84 Å². The predicted molar refractivity (Wildman–Crippen MR) is 38.0 cm³/mol. The van der Waals surface area contributed by atoms with Gasteiger partial charge in [-0.2, -0.15) is 0 Å². The van der Waals surface area contributed by atoms with Gasteiger partial charge in [-0.1, -0.05) is 6.08 Å². The van der Waals surface area contributed by atoms with E-state index in [1.54, 1.807) is 13.0 Å². The van der Waals surface area contributed by atoms with Crippen LogP contribution < -0.4 is 0 Å². The van der Waals surface area contributed by atoms with Gasteiger partial charge in [-0.15, -0.1) is 0 Å². The first-order valence-electron chi connectivity index (χ1n) is 3.73. The molecule has 1 saturated heterocycles. The average molecular weight is 154 g/mol. The number of hydrogen-bond donors (Lipinski definition) is 1. The number of fused-ring (bicyclic) bond motifs is 1. The van der Waals surface area contributed by atoms with Gasteiger partial charge in [0.05, 0.1) is 6.61 Å². The number of rotatable bonds is 1. The van der Waals surface area contributed by atoms with Gasteiger partial charge in [0.25, 0.3) is 0 Å². The molecule has 0 radical (unpaired) electrons. The Labute approximate surface area is 64.7 Å². The van der Waals surface area contributed by atoms with E-state index in [-0.39, 0.29) is 30.5 Å². The highest BCUT2D eigenvalue weighted by Crippen LogP contribution is 2.37. The van der Waals surface area contributed by atoms with Crippen LogP contribution >= 0.6 is 0 Å². The molecule has 0 aromatic rings. The van der Waals surface area contributed by atoms with Crippen LogP contribution in [0, 0.1) is 5.92 Å². The van der Waals surface area contributed by atoms with Crippen LogP contribution in [0.15, 0.2) is 11.6 Å². The van der Waals surface area contributed by atoms with Crippen molar-refractivity contribution >= 4 is 5.78 Å². The van der Waals surface area contributed by atoms with Crippen molar-refractivity contribution in [2.75, 3.05) is 6.61 Å². The van der Waals surface area contributed by atoms with E-state index in [0.717, 1.165) is 5.57 Å². The molecule has 0 aromatic heterocycles. The highest BCUT2D eigenvalue weighted by atomic mass is 16.6. The Morgan fingerprint density at radius 1 is 1.73 bits per heavy atom. The second kappa shape index (κ2) is 2.16. The van der Waals surface area contributed by atoms with Gasteiger partial charge in [0.1, 0.15) is 12.2 Å². The van der Waals surface area contributed by atoms with Gasteiger partial charge in [-0.05, 0) is 12.5 Å². The van der Waals surface area contributed by atoms with Crippen molar-refractivity contribution in [3.8, 4) is 0 Å². The molecule has 3 atom stereocenters. The van der Waals surface area contributed by atoms with Gasteiger partial charge in [0.15, 0.2) is 5.78 Å². The van der Waals surface area contributed by atoms with Crippen LogP contribution in [0.25, 0.3) is 0 Å². The monoisotopic (exact) mass is 154 g/mol. The average Bonchev–Trinajstić information content (AvgIpc) is 2.76. The highest BCUT2D eigenvalue weighted by molar-refractivity contribution is 6.01. The number of carbonyl (C=O) groups is 1. The molecule has 0 bridgehead atoms. The zero-order chi connectivity index (χ0) is 8.01. The summed E-state index contributed by atoms with van der Waals surface area (Å²) in [7, 11) is 0. The predicted octanol–water partition coefficient (Wildman–Crippen LogP) is -0.109. The summed E-state index contributed by atoms with van der Waals surface area (Å²) in [5.41, 5.74) is 0.725. The molecule has 0 saturated carbocycles. The van der Waals surface area contributed by atoms with Crippen LogP contribution in [0.4, 0.5) is 0 Å². The molecule has 3 heteroatoms. The number of aliphatic hydroxyl groups excluding tert-OH is 1. The molecular weight excluding hydrogens is 144 g/mol. The summed E-state index contributed by atoms with van der Waals surface area (Å²) in [6.45, 7) is 1.84. The summed E-state index contributed by atoms with van der Waals surface area (Å²) in [5.74, 6) is 0.123. The van der Waals surface area contributed by atoms with E-state index in [1.165, 1.54) is 0 Å². The lowest BCUT2D eigenvalue weighted by molar-refractivity contribution is -0.116. The van der Waals surface area contributed by atoms with Crippen molar-refractivity contribution < 1.29 is 14.6 Å². The zero-order valence-electron chi connectivity index (χ0n) is 6.28. The van der Waals surface area contributed by atoms with E-state index in [1.807, 2.05) is 0 Å². The molecule has 0 spiro atoms. The Balaban J connectivity index is 2.23. The second-order valence-electron chi connectivity index (χ2n) is 3.08. The van der Waals surface area contributed by atoms with E-state index in [2.05, 4.69) is 0 Å². The first kappa shape index (κ1) is 7.00. The van der Waals surface area contributed by atoms with Crippen LogP contribution in [-0.2, 0) is 9.53 Å². The third-order valence-electron chi connectivity index (χ3n) is 2.27. The van der Waals surface area contributed by atoms with E-state index in [0.29, 0.717) is 0 Å². The van der Waals surface area contributed by atoms with Gasteiger partial charge < -0.3 is 9.84 Å². The van der Waals surface area contributed by atoms with E-state index in [9.17, 15) is 4.79 Å². The lowest BCUT2D eigenvalue weighted by Gasteiger charge is -2.11. The molecule has 1 fully saturated rings. The van der Waals surface area contributed by atoms with E-state index >= 15 is 0 Å². The first-order valence-corrected chi connectivity index (χ1v) is 3.73. The van der Waals surface area contributed by atoms with Crippen LogP contribution in [0.5, 0.6) is 0 Å². The van der Waals surface area contributed by atoms with Crippen LogP contribution in [0.3, 0.4) is 0 Å². The Hall–Kier alpha value is -0.670. The maximum absolute atomic E-state index is 11.2. The van der Waals surface area contributed by atoms with Crippen molar-refractivity contribution in [3.05, 3.63) is 11.6 Å². The van der Waals surface area contributed by atoms with Crippen molar-refractivity contribution in [3.63, 3.8) is 0 Å². The number of epoxide rings is 1. The van der Waals surface area contributed by atoms with Crippen molar-refractivity contribution in [2.24, 2.45) is 5.92 Å². The smallest absolute Gasteiger partial charge is 0.189 e. The molecule has 2 aliphatic rings. The second-order valence-corrected chi connectivity index (χ2v) is 3.08. The molecular formula is C8H10O3. The van der Waals surface area contributed by atoms with Crippen molar-refractivity contribution in [1.82, 2.24) is 0 Å². The third-order valence-corrected chi connectivity index (χ3v) is 2.27. The number of hydrogen-bond acceptors (Lipinski definition) is 3. The standard InChI is InChI=1S/C8H10O3/c1-4-2-5(3-9)7-8(11-7)6(4)10/h2,5,7-9H,3H2,1H3. The number of carbonyl (C=O) groups excluding carboxylic acids is 1. The van der Waals surface area contributed by atoms with Gasteiger partial charge in [0, 0.05) is 5.92 Å². The molecule has 60 valence electrons. The normalized spacial score (nSPS) is 41.5. The van der Waals surface area contributed by atoms with Crippen molar-refractivity contribution in [2.45, 2.75) is 19.1 Å². The molecule has 0 aromatic carbocycles. The number of aliphatic hydroxyl groups is 1. The van der Waals surface area contributed by atoms with Crippen LogP contribution in [0.1, 0.15) is 6.92 Å². The number of Topliss-reactive ketones (excluding diaryl/α,β-unsaturated/α-hetero) is 1. The quantitative estimate of drug-likeness (QED) is 0.536. The summed E-state index contributed by atoms with van der Waals surface area (Å²) < 4.78 is 5.10. The maximum Gasteiger partial charge on any atom is 0.189 e. The molecule has 3 nitrogen and oxygen atoms in total. The first-order chi connectivity index (χ1) is 5.24. The molecule has 1 heterocycles. The van der Waals surface area contributed by atoms with Gasteiger partial charge in [-0.25, -0.2) is 0 Å². The molecule has 1 N–H and O–H groups in total. The van der Waals surface area contributed by atoms with Crippen LogP contribution in [-0.4, -0.2) is 29.7 Å². The minimum absolute atomic E-state index is 0.0313. The fraction of sp³-hybridized carbons (Fsp3) is 0.625. The van der Waals surface area contributed by atoms with Gasteiger partial charge >= 0.3 is 0 Å². The molecule has 1 aliphatic heterocycles. The number of ketones is 1. The molecule has 0 amide bonds. The Kier molecular flexibility index (Phi) is 1.37. The third kappa shape index (κ3) is 0.921. The Bertz CT molecular complexity index is 231. The maximum atomic E-state index is 11.2.